The summed E-state index contributed by atoms with van der Waals surface area (Å²) in [5.74, 6) is 0.518. The van der Waals surface area contributed by atoms with E-state index in [2.05, 4.69) is 56.9 Å². The minimum Gasteiger partial charge on any atom is -0.453 e. The second-order valence-electron chi connectivity index (χ2n) is 6.61. The molecule has 0 radical (unpaired) electrons. The minimum atomic E-state index is -0.237. The number of methoxy groups -OCH3 is 1. The van der Waals surface area contributed by atoms with E-state index in [1.165, 1.54) is 18.4 Å². The zero-order valence-corrected chi connectivity index (χ0v) is 13.7. The van der Waals surface area contributed by atoms with Crippen molar-refractivity contribution >= 4 is 11.8 Å². The maximum Gasteiger partial charge on any atom is 0.409 e. The van der Waals surface area contributed by atoms with Crippen LogP contribution in [0, 0.1) is 0 Å². The van der Waals surface area contributed by atoms with Crippen molar-refractivity contribution in [3.05, 3.63) is 29.8 Å². The molecule has 1 aromatic carbocycles. The second-order valence-corrected chi connectivity index (χ2v) is 6.61. The van der Waals surface area contributed by atoms with E-state index in [9.17, 15) is 4.79 Å². The lowest BCUT2D eigenvalue weighted by Gasteiger charge is -2.48. The van der Waals surface area contributed by atoms with E-state index in [-0.39, 0.29) is 11.6 Å². The Morgan fingerprint density at radius 3 is 2.57 bits per heavy atom. The fourth-order valence-corrected chi connectivity index (χ4v) is 2.97. The molecule has 1 aliphatic rings. The van der Waals surface area contributed by atoms with Gasteiger partial charge in [-0.15, -0.1) is 0 Å². The number of ether oxygens (including phenoxy) is 1. The first-order valence-electron chi connectivity index (χ1n) is 7.55. The van der Waals surface area contributed by atoms with Crippen LogP contribution in [0.15, 0.2) is 24.3 Å². The summed E-state index contributed by atoms with van der Waals surface area (Å²) in [6.07, 6.45) is -0.237. The summed E-state index contributed by atoms with van der Waals surface area (Å²) < 4.78 is 4.84. The van der Waals surface area contributed by atoms with Gasteiger partial charge in [0.1, 0.15) is 0 Å². The number of anilines is 1. The van der Waals surface area contributed by atoms with Gasteiger partial charge in [-0.1, -0.05) is 26.0 Å². The Bertz CT molecular complexity index is 511. The van der Waals surface area contributed by atoms with Gasteiger partial charge in [0.15, 0.2) is 0 Å². The quantitative estimate of drug-likeness (QED) is 0.836. The Kier molecular flexibility index (Phi) is 4.45. The fourth-order valence-electron chi connectivity index (χ4n) is 2.97. The lowest BCUT2D eigenvalue weighted by Crippen LogP contribution is -2.60. The molecule has 1 fully saturated rings. The second kappa shape index (κ2) is 5.96. The van der Waals surface area contributed by atoms with Crippen molar-refractivity contribution in [3.63, 3.8) is 0 Å². The molecule has 116 valence electrons. The molecule has 0 aromatic heterocycles. The number of amides is 1. The SMILES string of the molecule is COC(=O)N1CCN(c2cccc(C(C)C)c2)C(C)(C)C1. The van der Waals surface area contributed by atoms with E-state index >= 15 is 0 Å². The monoisotopic (exact) mass is 290 g/mol. The normalized spacial score (nSPS) is 18.0. The predicted octanol–water partition coefficient (Wildman–Crippen LogP) is 3.48. The van der Waals surface area contributed by atoms with E-state index < -0.39 is 0 Å². The summed E-state index contributed by atoms with van der Waals surface area (Å²) in [4.78, 5) is 15.9. The van der Waals surface area contributed by atoms with Crippen LogP contribution in [0.4, 0.5) is 10.5 Å². The average molecular weight is 290 g/mol. The van der Waals surface area contributed by atoms with E-state index in [0.717, 1.165) is 6.54 Å². The molecule has 4 nitrogen and oxygen atoms in total. The molecule has 1 amide bonds. The highest BCUT2D eigenvalue weighted by molar-refractivity contribution is 5.68. The third-order valence-electron chi connectivity index (χ3n) is 4.18. The Hall–Kier alpha value is -1.71. The summed E-state index contributed by atoms with van der Waals surface area (Å²) in [7, 11) is 1.44. The summed E-state index contributed by atoms with van der Waals surface area (Å²) >= 11 is 0. The van der Waals surface area contributed by atoms with Crippen LogP contribution in [0.5, 0.6) is 0 Å². The van der Waals surface area contributed by atoms with Crippen molar-refractivity contribution in [2.75, 3.05) is 31.6 Å². The van der Waals surface area contributed by atoms with Crippen molar-refractivity contribution in [1.82, 2.24) is 4.90 Å². The van der Waals surface area contributed by atoms with E-state index in [1.807, 2.05) is 0 Å². The number of piperazine rings is 1. The Morgan fingerprint density at radius 2 is 2.00 bits per heavy atom. The zero-order valence-electron chi connectivity index (χ0n) is 13.7. The zero-order chi connectivity index (χ0) is 15.6. The summed E-state index contributed by atoms with van der Waals surface area (Å²) in [6.45, 7) is 10.9. The Morgan fingerprint density at radius 1 is 1.29 bits per heavy atom. The third-order valence-corrected chi connectivity index (χ3v) is 4.18. The molecule has 0 unspecified atom stereocenters. The Labute approximate surface area is 127 Å². The standard InChI is InChI=1S/C17H26N2O2/c1-13(2)14-7-6-8-15(11-14)19-10-9-18(16(20)21-5)12-17(19,3)4/h6-8,11,13H,9-10,12H2,1-5H3. The first-order chi connectivity index (χ1) is 9.85. The molecule has 1 aromatic rings. The number of benzene rings is 1. The molecule has 0 bridgehead atoms. The maximum absolute atomic E-state index is 11.7. The highest BCUT2D eigenvalue weighted by atomic mass is 16.5. The van der Waals surface area contributed by atoms with Crippen molar-refractivity contribution in [2.24, 2.45) is 0 Å². The highest BCUT2D eigenvalue weighted by Crippen LogP contribution is 2.30. The van der Waals surface area contributed by atoms with Crippen molar-refractivity contribution in [3.8, 4) is 0 Å². The van der Waals surface area contributed by atoms with Crippen molar-refractivity contribution in [2.45, 2.75) is 39.2 Å². The molecule has 0 aliphatic carbocycles. The molecule has 2 rings (SSSR count). The van der Waals surface area contributed by atoms with Crippen LogP contribution in [0.3, 0.4) is 0 Å². The molecule has 0 spiro atoms. The lowest BCUT2D eigenvalue weighted by molar-refractivity contribution is 0.105. The van der Waals surface area contributed by atoms with Crippen LogP contribution in [-0.2, 0) is 4.74 Å². The first-order valence-corrected chi connectivity index (χ1v) is 7.55. The van der Waals surface area contributed by atoms with Crippen LogP contribution in [0.2, 0.25) is 0 Å². The molecule has 1 heterocycles. The number of hydrogen-bond acceptors (Lipinski definition) is 3. The van der Waals surface area contributed by atoms with E-state index in [0.29, 0.717) is 19.0 Å². The van der Waals surface area contributed by atoms with Gasteiger partial charge in [0.2, 0.25) is 0 Å². The minimum absolute atomic E-state index is 0.109. The van der Waals surface area contributed by atoms with Gasteiger partial charge in [-0.25, -0.2) is 4.79 Å². The van der Waals surface area contributed by atoms with Crippen LogP contribution >= 0.6 is 0 Å². The molecule has 4 heteroatoms. The van der Waals surface area contributed by atoms with Crippen LogP contribution in [0.1, 0.15) is 39.2 Å². The highest BCUT2D eigenvalue weighted by Gasteiger charge is 2.36. The lowest BCUT2D eigenvalue weighted by atomic mass is 9.96. The third kappa shape index (κ3) is 3.31. The predicted molar refractivity (Wildman–Crippen MR) is 85.9 cm³/mol. The maximum atomic E-state index is 11.7. The van der Waals surface area contributed by atoms with Gasteiger partial charge in [0.25, 0.3) is 0 Å². The number of carbonyl (C=O) groups excluding carboxylic acids is 1. The fraction of sp³-hybridized carbons (Fsp3) is 0.588. The number of carbonyl (C=O) groups is 1. The molecule has 21 heavy (non-hydrogen) atoms. The van der Waals surface area contributed by atoms with E-state index in [4.69, 9.17) is 4.74 Å². The topological polar surface area (TPSA) is 32.8 Å². The van der Waals surface area contributed by atoms with Crippen LogP contribution < -0.4 is 4.90 Å². The van der Waals surface area contributed by atoms with Gasteiger partial charge in [0, 0.05) is 25.3 Å². The van der Waals surface area contributed by atoms with Gasteiger partial charge >= 0.3 is 6.09 Å². The van der Waals surface area contributed by atoms with Gasteiger partial charge in [-0.3, -0.25) is 0 Å². The first kappa shape index (κ1) is 15.7. The summed E-state index contributed by atoms with van der Waals surface area (Å²) in [5, 5.41) is 0. The molecule has 1 aliphatic heterocycles. The number of rotatable bonds is 2. The average Bonchev–Trinajstić information content (AvgIpc) is 2.45. The van der Waals surface area contributed by atoms with Crippen LogP contribution in [-0.4, -0.2) is 43.3 Å². The Balaban J connectivity index is 2.21. The number of nitrogens with zero attached hydrogens (tertiary/aromatic N) is 2. The molecular weight excluding hydrogens is 264 g/mol. The molecule has 0 N–H and O–H groups in total. The van der Waals surface area contributed by atoms with Gasteiger partial charge in [0.05, 0.1) is 12.6 Å². The molecule has 0 saturated carbocycles. The van der Waals surface area contributed by atoms with Crippen molar-refractivity contribution < 1.29 is 9.53 Å². The largest absolute Gasteiger partial charge is 0.453 e. The summed E-state index contributed by atoms with van der Waals surface area (Å²) in [6, 6.07) is 8.71. The van der Waals surface area contributed by atoms with Crippen LogP contribution in [0.25, 0.3) is 0 Å². The molecule has 0 atom stereocenters. The molecule has 1 saturated heterocycles. The van der Waals surface area contributed by atoms with Gasteiger partial charge < -0.3 is 14.5 Å². The molecular formula is C17H26N2O2. The van der Waals surface area contributed by atoms with Crippen molar-refractivity contribution in [1.29, 1.82) is 0 Å². The van der Waals surface area contributed by atoms with Gasteiger partial charge in [-0.05, 0) is 37.5 Å². The van der Waals surface area contributed by atoms with E-state index in [1.54, 1.807) is 4.90 Å². The summed E-state index contributed by atoms with van der Waals surface area (Å²) in [5.41, 5.74) is 2.47. The smallest absolute Gasteiger partial charge is 0.409 e. The number of hydrogen-bond donors (Lipinski definition) is 0. The van der Waals surface area contributed by atoms with Gasteiger partial charge in [-0.2, -0.15) is 0 Å².